The highest BCUT2D eigenvalue weighted by Crippen LogP contribution is 2.45. The number of benzene rings is 3. The van der Waals surface area contributed by atoms with Gasteiger partial charge in [-0.25, -0.2) is 0 Å². The van der Waals surface area contributed by atoms with Gasteiger partial charge in [-0.05, 0) is 67.6 Å². The fraction of sp³-hybridized carbons (Fsp3) is 0.214. The minimum atomic E-state index is -0.766. The van der Waals surface area contributed by atoms with Crippen LogP contribution in [0.3, 0.4) is 0 Å². The number of hydrogen-bond acceptors (Lipinski definition) is 4. The number of anilines is 1. The number of ketones is 1. The van der Waals surface area contributed by atoms with Crippen molar-refractivity contribution in [1.29, 1.82) is 0 Å². The average Bonchev–Trinajstić information content (AvgIpc) is 3.04. The second-order valence-electron chi connectivity index (χ2n) is 8.47. The molecule has 0 aromatic heterocycles. The first-order chi connectivity index (χ1) is 15.8. The SMILES string of the molecule is COc1c(C)cc(C)cc1/C(O)=C1\C(=O)C(=O)N(c2ccccc2C)C1c1ccccc1C. The average molecular weight is 442 g/mol. The molecule has 1 aliphatic rings. The number of nitrogens with zero attached hydrogens (tertiary/aromatic N) is 1. The van der Waals surface area contributed by atoms with E-state index in [1.54, 1.807) is 6.07 Å². The molecule has 168 valence electrons. The van der Waals surface area contributed by atoms with Gasteiger partial charge in [0.1, 0.15) is 11.5 Å². The van der Waals surface area contributed by atoms with Crippen molar-refractivity contribution in [2.24, 2.45) is 0 Å². The first-order valence-electron chi connectivity index (χ1n) is 10.8. The number of aryl methyl sites for hydroxylation is 4. The van der Waals surface area contributed by atoms with Gasteiger partial charge in [0, 0.05) is 5.69 Å². The fourth-order valence-electron chi connectivity index (χ4n) is 4.65. The van der Waals surface area contributed by atoms with Crippen LogP contribution in [0.2, 0.25) is 0 Å². The van der Waals surface area contributed by atoms with Crippen molar-refractivity contribution in [2.45, 2.75) is 33.7 Å². The van der Waals surface area contributed by atoms with Crippen molar-refractivity contribution in [3.63, 3.8) is 0 Å². The number of carbonyl (C=O) groups is 2. The summed E-state index contributed by atoms with van der Waals surface area (Å²) in [6, 6.07) is 18.0. The number of rotatable bonds is 4. The van der Waals surface area contributed by atoms with Gasteiger partial charge in [0.15, 0.2) is 0 Å². The van der Waals surface area contributed by atoms with E-state index in [1.165, 1.54) is 12.0 Å². The van der Waals surface area contributed by atoms with Crippen molar-refractivity contribution >= 4 is 23.1 Å². The van der Waals surface area contributed by atoms with Gasteiger partial charge in [0.25, 0.3) is 11.7 Å². The number of ether oxygens (including phenoxy) is 1. The summed E-state index contributed by atoms with van der Waals surface area (Å²) in [6.07, 6.45) is 0. The molecule has 1 amide bonds. The maximum Gasteiger partial charge on any atom is 0.300 e. The van der Waals surface area contributed by atoms with Crippen LogP contribution in [-0.4, -0.2) is 23.9 Å². The molecule has 1 N–H and O–H groups in total. The van der Waals surface area contributed by atoms with Crippen LogP contribution in [0.1, 0.15) is 39.4 Å². The zero-order valence-corrected chi connectivity index (χ0v) is 19.5. The topological polar surface area (TPSA) is 66.8 Å². The minimum absolute atomic E-state index is 0.0563. The van der Waals surface area contributed by atoms with Crippen molar-refractivity contribution in [2.75, 3.05) is 12.0 Å². The number of para-hydroxylation sites is 1. The lowest BCUT2D eigenvalue weighted by molar-refractivity contribution is -0.132. The van der Waals surface area contributed by atoms with Crippen molar-refractivity contribution in [3.8, 4) is 5.75 Å². The smallest absolute Gasteiger partial charge is 0.300 e. The Morgan fingerprint density at radius 3 is 2.15 bits per heavy atom. The van der Waals surface area contributed by atoms with E-state index in [0.717, 1.165) is 27.8 Å². The summed E-state index contributed by atoms with van der Waals surface area (Å²) < 4.78 is 5.57. The largest absolute Gasteiger partial charge is 0.507 e. The van der Waals surface area contributed by atoms with Crippen LogP contribution >= 0.6 is 0 Å². The summed E-state index contributed by atoms with van der Waals surface area (Å²) >= 11 is 0. The zero-order valence-electron chi connectivity index (χ0n) is 19.5. The Hall–Kier alpha value is -3.86. The highest BCUT2D eigenvalue weighted by Gasteiger charge is 2.48. The lowest BCUT2D eigenvalue weighted by Crippen LogP contribution is -2.30. The van der Waals surface area contributed by atoms with Gasteiger partial charge in [-0.2, -0.15) is 0 Å². The Labute approximate surface area is 193 Å². The quantitative estimate of drug-likeness (QED) is 0.327. The Morgan fingerprint density at radius 2 is 1.52 bits per heavy atom. The van der Waals surface area contributed by atoms with Crippen LogP contribution in [0, 0.1) is 27.7 Å². The highest BCUT2D eigenvalue weighted by molar-refractivity contribution is 6.51. The first-order valence-corrected chi connectivity index (χ1v) is 10.8. The van der Waals surface area contributed by atoms with E-state index in [2.05, 4.69) is 0 Å². The van der Waals surface area contributed by atoms with Crippen LogP contribution in [0.4, 0.5) is 5.69 Å². The molecule has 3 aromatic carbocycles. The molecule has 1 heterocycles. The molecule has 0 radical (unpaired) electrons. The molecule has 1 unspecified atom stereocenters. The Bertz CT molecular complexity index is 1300. The highest BCUT2D eigenvalue weighted by atomic mass is 16.5. The van der Waals surface area contributed by atoms with E-state index < -0.39 is 17.7 Å². The van der Waals surface area contributed by atoms with E-state index in [-0.39, 0.29) is 11.3 Å². The maximum atomic E-state index is 13.4. The van der Waals surface area contributed by atoms with E-state index in [9.17, 15) is 14.7 Å². The number of aliphatic hydroxyl groups excluding tert-OH is 1. The molecule has 0 spiro atoms. The molecule has 0 bridgehead atoms. The van der Waals surface area contributed by atoms with Crippen molar-refractivity contribution < 1.29 is 19.4 Å². The maximum absolute atomic E-state index is 13.4. The summed E-state index contributed by atoms with van der Waals surface area (Å²) in [5.41, 5.74) is 5.40. The van der Waals surface area contributed by atoms with Crippen LogP contribution in [-0.2, 0) is 9.59 Å². The molecule has 1 fully saturated rings. The normalized spacial score (nSPS) is 17.5. The van der Waals surface area contributed by atoms with Gasteiger partial charge in [-0.15, -0.1) is 0 Å². The summed E-state index contributed by atoms with van der Waals surface area (Å²) in [4.78, 5) is 28.3. The van der Waals surface area contributed by atoms with E-state index in [0.29, 0.717) is 17.0 Å². The minimum Gasteiger partial charge on any atom is -0.507 e. The van der Waals surface area contributed by atoms with E-state index >= 15 is 0 Å². The van der Waals surface area contributed by atoms with E-state index in [4.69, 9.17) is 4.74 Å². The van der Waals surface area contributed by atoms with Gasteiger partial charge in [0.2, 0.25) is 0 Å². The number of hydrogen-bond donors (Lipinski definition) is 1. The summed E-state index contributed by atoms with van der Waals surface area (Å²) in [5.74, 6) is -1.14. The Kier molecular flexibility index (Phi) is 5.81. The molecule has 1 atom stereocenters. The summed E-state index contributed by atoms with van der Waals surface area (Å²) in [7, 11) is 1.53. The number of amides is 1. The predicted octanol–water partition coefficient (Wildman–Crippen LogP) is 5.56. The Morgan fingerprint density at radius 1 is 0.879 bits per heavy atom. The van der Waals surface area contributed by atoms with Crippen molar-refractivity contribution in [1.82, 2.24) is 0 Å². The second kappa shape index (κ2) is 8.58. The van der Waals surface area contributed by atoms with E-state index in [1.807, 2.05) is 82.3 Å². The van der Waals surface area contributed by atoms with Crippen LogP contribution in [0.15, 0.2) is 66.2 Å². The van der Waals surface area contributed by atoms with Gasteiger partial charge in [-0.1, -0.05) is 48.5 Å². The summed E-state index contributed by atoms with van der Waals surface area (Å²) in [6.45, 7) is 7.63. The second-order valence-corrected chi connectivity index (χ2v) is 8.47. The van der Waals surface area contributed by atoms with Gasteiger partial charge < -0.3 is 9.84 Å². The molecule has 5 nitrogen and oxygen atoms in total. The monoisotopic (exact) mass is 441 g/mol. The number of methoxy groups -OCH3 is 1. The third-order valence-electron chi connectivity index (χ3n) is 6.18. The standard InChI is InChI=1S/C28H27NO4/c1-16-14-19(4)27(33-5)21(15-16)25(30)23-24(20-12-8-6-10-17(20)2)29(28(32)26(23)31)22-13-9-7-11-18(22)3/h6-15,24,30H,1-5H3/b25-23+. The molecule has 0 saturated carbocycles. The lowest BCUT2D eigenvalue weighted by Gasteiger charge is -2.28. The molecule has 5 heteroatoms. The van der Waals surface area contributed by atoms with Crippen LogP contribution < -0.4 is 9.64 Å². The molecule has 1 saturated heterocycles. The lowest BCUT2D eigenvalue weighted by atomic mass is 9.91. The number of aliphatic hydroxyl groups is 1. The molecule has 0 aliphatic carbocycles. The molecule has 33 heavy (non-hydrogen) atoms. The molecular formula is C28H27NO4. The molecule has 3 aromatic rings. The predicted molar refractivity (Wildman–Crippen MR) is 130 cm³/mol. The van der Waals surface area contributed by atoms with Crippen molar-refractivity contribution in [3.05, 3.63) is 99.6 Å². The number of carbonyl (C=O) groups excluding carboxylic acids is 2. The van der Waals surface area contributed by atoms with Crippen LogP contribution in [0.25, 0.3) is 5.76 Å². The van der Waals surface area contributed by atoms with Gasteiger partial charge in [0.05, 0.1) is 24.3 Å². The van der Waals surface area contributed by atoms with Gasteiger partial charge >= 0.3 is 0 Å². The molecular weight excluding hydrogens is 414 g/mol. The van der Waals surface area contributed by atoms with Crippen LogP contribution in [0.5, 0.6) is 5.75 Å². The molecule has 4 rings (SSSR count). The Balaban J connectivity index is 2.05. The molecule has 1 aliphatic heterocycles. The third-order valence-corrected chi connectivity index (χ3v) is 6.18. The summed E-state index contributed by atoms with van der Waals surface area (Å²) in [5, 5.41) is 11.5. The fourth-order valence-corrected chi connectivity index (χ4v) is 4.65. The van der Waals surface area contributed by atoms with Gasteiger partial charge in [-0.3, -0.25) is 14.5 Å². The first kappa shape index (κ1) is 22.3. The third kappa shape index (κ3) is 3.69. The zero-order chi connectivity index (χ0) is 23.9. The number of Topliss-reactive ketones (excluding diaryl/α,β-unsaturated/α-hetero) is 1.